The Bertz CT molecular complexity index is 759. The molecule has 0 bridgehead atoms. The summed E-state index contributed by atoms with van der Waals surface area (Å²) in [6.45, 7) is 1.99. The fourth-order valence-corrected chi connectivity index (χ4v) is 2.85. The maximum atomic E-state index is 10.7. The summed E-state index contributed by atoms with van der Waals surface area (Å²) in [6.07, 6.45) is -0.714. The van der Waals surface area contributed by atoms with E-state index in [1.54, 1.807) is 0 Å². The van der Waals surface area contributed by atoms with Gasteiger partial charge in [-0.1, -0.05) is 66.2 Å². The first-order chi connectivity index (χ1) is 9.66. The molecule has 0 aliphatic carbocycles. The predicted octanol–water partition coefficient (Wildman–Crippen LogP) is 4.88. The topological polar surface area (TPSA) is 20.2 Å². The van der Waals surface area contributed by atoms with Crippen LogP contribution in [0.5, 0.6) is 0 Å². The normalized spacial score (nSPS) is 12.6. The molecule has 3 rings (SSSR count). The number of rotatable bonds is 2. The van der Waals surface area contributed by atoms with Crippen LogP contribution in [0, 0.1) is 6.92 Å². The van der Waals surface area contributed by atoms with Crippen LogP contribution in [-0.2, 0) is 0 Å². The van der Waals surface area contributed by atoms with E-state index in [1.165, 1.54) is 0 Å². The first-order valence-electron chi connectivity index (χ1n) is 6.58. The smallest absolute Gasteiger partial charge is 0.106 e. The average Bonchev–Trinajstić information content (AvgIpc) is 2.46. The second kappa shape index (κ2) is 5.28. The molecule has 2 heteroatoms. The molecular weight excluding hydrogens is 268 g/mol. The Labute approximate surface area is 123 Å². The van der Waals surface area contributed by atoms with Crippen molar-refractivity contribution in [3.05, 3.63) is 82.4 Å². The second-order valence-electron chi connectivity index (χ2n) is 5.00. The molecule has 0 aliphatic heterocycles. The zero-order valence-electron chi connectivity index (χ0n) is 11.2. The van der Waals surface area contributed by atoms with Gasteiger partial charge in [-0.05, 0) is 34.9 Å². The molecule has 0 amide bonds. The minimum atomic E-state index is -0.714. The lowest BCUT2D eigenvalue weighted by Gasteiger charge is -2.16. The molecule has 100 valence electrons. The lowest BCUT2D eigenvalue weighted by Crippen LogP contribution is -2.01. The van der Waals surface area contributed by atoms with Crippen molar-refractivity contribution in [3.63, 3.8) is 0 Å². The first kappa shape index (κ1) is 13.2. The maximum Gasteiger partial charge on any atom is 0.106 e. The lowest BCUT2D eigenvalue weighted by atomic mass is 9.95. The molecule has 1 N–H and O–H groups in total. The van der Waals surface area contributed by atoms with Gasteiger partial charge in [-0.15, -0.1) is 0 Å². The van der Waals surface area contributed by atoms with Gasteiger partial charge < -0.3 is 5.11 Å². The summed E-state index contributed by atoms with van der Waals surface area (Å²) < 4.78 is 0. The van der Waals surface area contributed by atoms with Gasteiger partial charge in [-0.2, -0.15) is 0 Å². The van der Waals surface area contributed by atoms with Gasteiger partial charge in [0.2, 0.25) is 0 Å². The van der Waals surface area contributed by atoms with Crippen molar-refractivity contribution in [2.45, 2.75) is 13.0 Å². The van der Waals surface area contributed by atoms with Crippen LogP contribution in [0.15, 0.2) is 60.7 Å². The molecule has 0 saturated heterocycles. The van der Waals surface area contributed by atoms with Gasteiger partial charge in [0.05, 0.1) is 0 Å². The summed E-state index contributed by atoms with van der Waals surface area (Å²) in [5.41, 5.74) is 2.71. The highest BCUT2D eigenvalue weighted by Crippen LogP contribution is 2.32. The second-order valence-corrected chi connectivity index (χ2v) is 5.40. The minimum Gasteiger partial charge on any atom is -0.384 e. The average molecular weight is 283 g/mol. The van der Waals surface area contributed by atoms with Crippen molar-refractivity contribution in [3.8, 4) is 0 Å². The van der Waals surface area contributed by atoms with Crippen LogP contribution in [0.4, 0.5) is 0 Å². The maximum absolute atomic E-state index is 10.7. The number of aryl methyl sites for hydroxylation is 1. The number of hydrogen-bond donors (Lipinski definition) is 1. The van der Waals surface area contributed by atoms with E-state index >= 15 is 0 Å². The SMILES string of the molecule is Cc1ccc(C(O)c2cccc3ccccc23)c(Cl)c1. The molecule has 3 aromatic rings. The van der Waals surface area contributed by atoms with Crippen LogP contribution in [-0.4, -0.2) is 5.11 Å². The number of hydrogen-bond acceptors (Lipinski definition) is 1. The van der Waals surface area contributed by atoms with Crippen LogP contribution in [0.1, 0.15) is 22.8 Å². The summed E-state index contributed by atoms with van der Waals surface area (Å²) in [5, 5.41) is 13.5. The van der Waals surface area contributed by atoms with E-state index in [1.807, 2.05) is 67.6 Å². The predicted molar refractivity (Wildman–Crippen MR) is 84.2 cm³/mol. The molecule has 0 aromatic heterocycles. The largest absolute Gasteiger partial charge is 0.384 e. The van der Waals surface area contributed by atoms with Crippen molar-refractivity contribution in [2.75, 3.05) is 0 Å². The molecule has 1 unspecified atom stereocenters. The standard InChI is InChI=1S/C18H15ClO/c1-12-9-10-16(17(19)11-12)18(20)15-8-4-6-13-5-2-3-7-14(13)15/h2-11,18,20H,1H3. The van der Waals surface area contributed by atoms with E-state index in [9.17, 15) is 5.11 Å². The monoisotopic (exact) mass is 282 g/mol. The number of fused-ring (bicyclic) bond motifs is 1. The highest BCUT2D eigenvalue weighted by atomic mass is 35.5. The highest BCUT2D eigenvalue weighted by Gasteiger charge is 2.16. The summed E-state index contributed by atoms with van der Waals surface area (Å²) in [5.74, 6) is 0. The van der Waals surface area contributed by atoms with E-state index in [2.05, 4.69) is 0 Å². The van der Waals surface area contributed by atoms with Crippen LogP contribution < -0.4 is 0 Å². The van der Waals surface area contributed by atoms with E-state index < -0.39 is 6.10 Å². The summed E-state index contributed by atoms with van der Waals surface area (Å²) in [6, 6.07) is 19.7. The van der Waals surface area contributed by atoms with Gasteiger partial charge in [0, 0.05) is 10.6 Å². The Balaban J connectivity index is 2.15. The number of aliphatic hydroxyl groups is 1. The van der Waals surface area contributed by atoms with Crippen molar-refractivity contribution in [1.29, 1.82) is 0 Å². The number of benzene rings is 3. The Morgan fingerprint density at radius 2 is 1.65 bits per heavy atom. The van der Waals surface area contributed by atoms with E-state index in [4.69, 9.17) is 11.6 Å². The third-order valence-electron chi connectivity index (χ3n) is 3.57. The Morgan fingerprint density at radius 3 is 2.45 bits per heavy atom. The Kier molecular flexibility index (Phi) is 3.47. The number of aliphatic hydroxyl groups excluding tert-OH is 1. The van der Waals surface area contributed by atoms with Gasteiger partial charge in [-0.3, -0.25) is 0 Å². The van der Waals surface area contributed by atoms with Crippen LogP contribution in [0.3, 0.4) is 0 Å². The van der Waals surface area contributed by atoms with Crippen molar-refractivity contribution in [2.24, 2.45) is 0 Å². The molecule has 3 aromatic carbocycles. The van der Waals surface area contributed by atoms with E-state index in [0.29, 0.717) is 5.02 Å². The molecule has 0 fully saturated rings. The van der Waals surface area contributed by atoms with Crippen molar-refractivity contribution >= 4 is 22.4 Å². The Morgan fingerprint density at radius 1 is 0.900 bits per heavy atom. The van der Waals surface area contributed by atoms with Crippen molar-refractivity contribution in [1.82, 2.24) is 0 Å². The molecular formula is C18H15ClO. The van der Waals surface area contributed by atoms with E-state index in [-0.39, 0.29) is 0 Å². The molecule has 1 atom stereocenters. The fraction of sp³-hybridized carbons (Fsp3) is 0.111. The molecule has 0 aliphatic rings. The van der Waals surface area contributed by atoms with Crippen LogP contribution in [0.2, 0.25) is 5.02 Å². The van der Waals surface area contributed by atoms with Gasteiger partial charge in [0.25, 0.3) is 0 Å². The molecule has 20 heavy (non-hydrogen) atoms. The zero-order valence-corrected chi connectivity index (χ0v) is 11.9. The molecule has 0 spiro atoms. The van der Waals surface area contributed by atoms with Gasteiger partial charge >= 0.3 is 0 Å². The van der Waals surface area contributed by atoms with E-state index in [0.717, 1.165) is 27.5 Å². The third-order valence-corrected chi connectivity index (χ3v) is 3.90. The number of halogens is 1. The minimum absolute atomic E-state index is 0.602. The quantitative estimate of drug-likeness (QED) is 0.710. The van der Waals surface area contributed by atoms with Gasteiger partial charge in [0.15, 0.2) is 0 Å². The summed E-state index contributed by atoms with van der Waals surface area (Å²) >= 11 is 6.27. The Hall–Kier alpha value is -1.83. The fourth-order valence-electron chi connectivity index (χ4n) is 2.51. The first-order valence-corrected chi connectivity index (χ1v) is 6.96. The molecule has 0 heterocycles. The van der Waals surface area contributed by atoms with Crippen LogP contribution in [0.25, 0.3) is 10.8 Å². The highest BCUT2D eigenvalue weighted by molar-refractivity contribution is 6.31. The molecule has 0 radical (unpaired) electrons. The van der Waals surface area contributed by atoms with Crippen LogP contribution >= 0.6 is 11.6 Å². The molecule has 0 saturated carbocycles. The third kappa shape index (κ3) is 2.31. The van der Waals surface area contributed by atoms with Gasteiger partial charge in [-0.25, -0.2) is 0 Å². The van der Waals surface area contributed by atoms with Crippen molar-refractivity contribution < 1.29 is 5.11 Å². The van der Waals surface area contributed by atoms with Gasteiger partial charge in [0.1, 0.15) is 6.10 Å². The molecule has 1 nitrogen and oxygen atoms in total. The summed E-state index contributed by atoms with van der Waals surface area (Å²) in [4.78, 5) is 0. The zero-order chi connectivity index (χ0) is 14.1. The summed E-state index contributed by atoms with van der Waals surface area (Å²) in [7, 11) is 0. The lowest BCUT2D eigenvalue weighted by molar-refractivity contribution is 0.222.